The van der Waals surface area contributed by atoms with Crippen molar-refractivity contribution in [3.8, 4) is 0 Å². The number of rotatable bonds is 3. The molecule has 3 rings (SSSR count). The molecule has 20 heavy (non-hydrogen) atoms. The van der Waals surface area contributed by atoms with E-state index >= 15 is 0 Å². The van der Waals surface area contributed by atoms with Crippen LogP contribution in [0.15, 0.2) is 12.4 Å². The molecule has 2 aromatic heterocycles. The molecule has 0 spiro atoms. The first-order valence-corrected chi connectivity index (χ1v) is 7.86. The number of aromatic nitrogens is 2. The number of aryl methyl sites for hydroxylation is 1. The number of thiophene rings is 1. The Morgan fingerprint density at radius 1 is 1.45 bits per heavy atom. The van der Waals surface area contributed by atoms with E-state index in [2.05, 4.69) is 34.8 Å². The van der Waals surface area contributed by atoms with Crippen LogP contribution in [0.3, 0.4) is 0 Å². The number of nitrogens with zero attached hydrogens (tertiary/aromatic N) is 3. The summed E-state index contributed by atoms with van der Waals surface area (Å²) in [5.74, 6) is 1.01. The van der Waals surface area contributed by atoms with Gasteiger partial charge in [0.2, 0.25) is 0 Å². The van der Waals surface area contributed by atoms with Crippen LogP contribution in [-0.4, -0.2) is 41.8 Å². The van der Waals surface area contributed by atoms with Gasteiger partial charge in [-0.1, -0.05) is 6.92 Å². The smallest absolute Gasteiger partial charge is 0.140 e. The third-order valence-electron chi connectivity index (χ3n) is 3.60. The molecule has 0 amide bonds. The van der Waals surface area contributed by atoms with E-state index in [0.717, 1.165) is 35.5 Å². The maximum absolute atomic E-state index is 5.82. The molecule has 6 heteroatoms. The van der Waals surface area contributed by atoms with Crippen LogP contribution in [0, 0.1) is 0 Å². The van der Waals surface area contributed by atoms with Gasteiger partial charge in [-0.05, 0) is 19.4 Å². The second kappa shape index (κ2) is 5.63. The number of ether oxygens (including phenoxy) is 1. The van der Waals surface area contributed by atoms with Crippen LogP contribution in [-0.2, 0) is 11.2 Å². The summed E-state index contributed by atoms with van der Waals surface area (Å²) in [6, 6.07) is 2.22. The zero-order valence-electron chi connectivity index (χ0n) is 11.9. The molecule has 2 unspecified atom stereocenters. The SMILES string of the molecule is CCc1cc2c(N3CC(C)OC(CN)C3)ncnc2s1. The Labute approximate surface area is 122 Å². The second-order valence-corrected chi connectivity index (χ2v) is 6.31. The molecule has 0 bridgehead atoms. The zero-order valence-corrected chi connectivity index (χ0v) is 12.7. The fourth-order valence-corrected chi connectivity index (χ4v) is 3.60. The highest BCUT2D eigenvalue weighted by Gasteiger charge is 2.26. The zero-order chi connectivity index (χ0) is 14.1. The lowest BCUT2D eigenvalue weighted by molar-refractivity contribution is -0.0106. The Kier molecular flexibility index (Phi) is 3.87. The second-order valence-electron chi connectivity index (χ2n) is 5.19. The van der Waals surface area contributed by atoms with Crippen molar-refractivity contribution in [1.29, 1.82) is 0 Å². The minimum Gasteiger partial charge on any atom is -0.370 e. The molecule has 1 aliphatic heterocycles. The molecule has 108 valence electrons. The van der Waals surface area contributed by atoms with Crippen molar-refractivity contribution in [2.24, 2.45) is 5.73 Å². The summed E-state index contributed by atoms with van der Waals surface area (Å²) in [7, 11) is 0. The van der Waals surface area contributed by atoms with E-state index < -0.39 is 0 Å². The monoisotopic (exact) mass is 292 g/mol. The summed E-state index contributed by atoms with van der Waals surface area (Å²) in [4.78, 5) is 13.6. The van der Waals surface area contributed by atoms with Gasteiger partial charge in [-0.2, -0.15) is 0 Å². The van der Waals surface area contributed by atoms with Gasteiger partial charge in [-0.25, -0.2) is 9.97 Å². The topological polar surface area (TPSA) is 64.3 Å². The molecule has 1 saturated heterocycles. The molecule has 2 N–H and O–H groups in total. The van der Waals surface area contributed by atoms with Crippen molar-refractivity contribution >= 4 is 27.4 Å². The number of morpholine rings is 1. The number of anilines is 1. The average Bonchev–Trinajstić information content (AvgIpc) is 2.89. The van der Waals surface area contributed by atoms with Gasteiger partial charge in [-0.3, -0.25) is 0 Å². The quantitative estimate of drug-likeness (QED) is 0.934. The predicted molar refractivity (Wildman–Crippen MR) is 82.4 cm³/mol. The lowest BCUT2D eigenvalue weighted by Gasteiger charge is -2.37. The van der Waals surface area contributed by atoms with Crippen LogP contribution in [0.4, 0.5) is 5.82 Å². The van der Waals surface area contributed by atoms with Gasteiger partial charge in [0.25, 0.3) is 0 Å². The van der Waals surface area contributed by atoms with Gasteiger partial charge in [-0.15, -0.1) is 11.3 Å². The van der Waals surface area contributed by atoms with E-state index in [9.17, 15) is 0 Å². The highest BCUT2D eigenvalue weighted by Crippen LogP contribution is 2.31. The number of hydrogen-bond acceptors (Lipinski definition) is 6. The lowest BCUT2D eigenvalue weighted by atomic mass is 10.2. The molecule has 2 aromatic rings. The molecule has 0 radical (unpaired) electrons. The molecule has 2 atom stereocenters. The van der Waals surface area contributed by atoms with E-state index in [1.807, 2.05) is 0 Å². The van der Waals surface area contributed by atoms with Crippen molar-refractivity contribution in [2.75, 3.05) is 24.5 Å². The summed E-state index contributed by atoms with van der Waals surface area (Å²) >= 11 is 1.75. The van der Waals surface area contributed by atoms with Gasteiger partial charge in [0.05, 0.1) is 17.6 Å². The van der Waals surface area contributed by atoms with Crippen molar-refractivity contribution in [3.05, 3.63) is 17.3 Å². The van der Waals surface area contributed by atoms with Crippen LogP contribution in [0.2, 0.25) is 0 Å². The molecule has 0 aromatic carbocycles. The van der Waals surface area contributed by atoms with Crippen molar-refractivity contribution in [1.82, 2.24) is 9.97 Å². The van der Waals surface area contributed by atoms with Gasteiger partial charge >= 0.3 is 0 Å². The largest absolute Gasteiger partial charge is 0.370 e. The molecule has 0 saturated carbocycles. The average molecular weight is 292 g/mol. The van der Waals surface area contributed by atoms with E-state index in [4.69, 9.17) is 10.5 Å². The summed E-state index contributed by atoms with van der Waals surface area (Å²) < 4.78 is 5.82. The van der Waals surface area contributed by atoms with Crippen molar-refractivity contribution < 1.29 is 4.74 Å². The van der Waals surface area contributed by atoms with Gasteiger partial charge < -0.3 is 15.4 Å². The molecule has 5 nitrogen and oxygen atoms in total. The van der Waals surface area contributed by atoms with Gasteiger partial charge in [0.1, 0.15) is 17.0 Å². The molecular weight excluding hydrogens is 272 g/mol. The minimum atomic E-state index is 0.0769. The Morgan fingerprint density at radius 2 is 2.30 bits per heavy atom. The molecular formula is C14H20N4OS. The fourth-order valence-electron chi connectivity index (χ4n) is 2.67. The molecule has 1 fully saturated rings. The van der Waals surface area contributed by atoms with Crippen molar-refractivity contribution in [3.63, 3.8) is 0 Å². The summed E-state index contributed by atoms with van der Waals surface area (Å²) in [6.07, 6.45) is 2.94. The van der Waals surface area contributed by atoms with Crippen LogP contribution in [0.25, 0.3) is 10.2 Å². The highest BCUT2D eigenvalue weighted by atomic mass is 32.1. The first-order chi connectivity index (χ1) is 9.71. The normalized spacial score (nSPS) is 23.4. The maximum Gasteiger partial charge on any atom is 0.140 e. The fraction of sp³-hybridized carbons (Fsp3) is 0.571. The Balaban J connectivity index is 1.98. The van der Waals surface area contributed by atoms with Crippen molar-refractivity contribution in [2.45, 2.75) is 32.5 Å². The maximum atomic E-state index is 5.82. The van der Waals surface area contributed by atoms with E-state index in [0.29, 0.717) is 6.54 Å². The van der Waals surface area contributed by atoms with Gasteiger partial charge in [0, 0.05) is 24.5 Å². The third kappa shape index (κ3) is 2.51. The van der Waals surface area contributed by atoms with E-state index in [1.54, 1.807) is 17.7 Å². The summed E-state index contributed by atoms with van der Waals surface area (Å²) in [5, 5.41) is 1.15. The van der Waals surface area contributed by atoms with Gasteiger partial charge in [0.15, 0.2) is 0 Å². The number of fused-ring (bicyclic) bond motifs is 1. The van der Waals surface area contributed by atoms with Crippen LogP contribution >= 0.6 is 11.3 Å². The third-order valence-corrected chi connectivity index (χ3v) is 4.78. The van der Waals surface area contributed by atoms with E-state index in [-0.39, 0.29) is 12.2 Å². The summed E-state index contributed by atoms with van der Waals surface area (Å²) in [5.41, 5.74) is 5.76. The Hall–Kier alpha value is -1.24. The molecule has 1 aliphatic rings. The van der Waals surface area contributed by atoms with Crippen LogP contribution in [0.5, 0.6) is 0 Å². The highest BCUT2D eigenvalue weighted by molar-refractivity contribution is 7.18. The first-order valence-electron chi connectivity index (χ1n) is 7.05. The first kappa shape index (κ1) is 13.7. The predicted octanol–water partition coefficient (Wildman–Crippen LogP) is 1.81. The van der Waals surface area contributed by atoms with Crippen LogP contribution < -0.4 is 10.6 Å². The Bertz CT molecular complexity index is 600. The molecule has 0 aliphatic carbocycles. The van der Waals surface area contributed by atoms with E-state index in [1.165, 1.54) is 4.88 Å². The lowest BCUT2D eigenvalue weighted by Crippen LogP contribution is -2.49. The van der Waals surface area contributed by atoms with Crippen LogP contribution in [0.1, 0.15) is 18.7 Å². The minimum absolute atomic E-state index is 0.0769. The molecule has 3 heterocycles. The number of hydrogen-bond donors (Lipinski definition) is 1. The Morgan fingerprint density at radius 3 is 3.05 bits per heavy atom. The standard InChI is InChI=1S/C14H20N4OS/c1-3-11-4-12-13(16-8-17-14(12)20-11)18-6-9(2)19-10(5-15)7-18/h4,8-10H,3,5-7,15H2,1-2H3. The summed E-state index contributed by atoms with van der Waals surface area (Å²) in [6.45, 7) is 6.43. The number of nitrogens with two attached hydrogens (primary N) is 1.